The molecule has 0 aromatic heterocycles. The molecule has 0 spiro atoms. The van der Waals surface area contributed by atoms with Crippen molar-refractivity contribution in [3.8, 4) is 0 Å². The Labute approximate surface area is 93.6 Å². The number of anilines is 1. The highest BCUT2D eigenvalue weighted by molar-refractivity contribution is 5.90. The van der Waals surface area contributed by atoms with Gasteiger partial charge < -0.3 is 15.8 Å². The van der Waals surface area contributed by atoms with Crippen LogP contribution in [0.4, 0.5) is 10.1 Å². The molecule has 0 aliphatic rings. The van der Waals surface area contributed by atoms with Crippen molar-refractivity contribution in [2.75, 3.05) is 25.5 Å². The molecule has 0 radical (unpaired) electrons. The first-order chi connectivity index (χ1) is 7.69. The second kappa shape index (κ2) is 6.07. The molecule has 3 N–H and O–H groups in total. The molecule has 0 bridgehead atoms. The Balaban J connectivity index is 2.77. The minimum absolute atomic E-state index is 0.0692. The molecule has 0 aliphatic heterocycles. The summed E-state index contributed by atoms with van der Waals surface area (Å²) in [5.74, 6) is -1.27. The van der Waals surface area contributed by atoms with Crippen molar-refractivity contribution < 1.29 is 13.9 Å². The van der Waals surface area contributed by atoms with E-state index >= 15 is 0 Å². The predicted octanol–water partition coefficient (Wildman–Crippen LogP) is 1.37. The Kier molecular flexibility index (Phi) is 4.72. The number of rotatable bonds is 5. The van der Waals surface area contributed by atoms with Crippen LogP contribution in [0.3, 0.4) is 0 Å². The lowest BCUT2D eigenvalue weighted by molar-refractivity contribution is 0.0595. The standard InChI is InChI=1S/C11H15FN2O2/c1-16-11(15)9-7-8(3-4-10(9)12)14-6-2-5-13/h3-4,7,14H,2,5-6,13H2,1H3. The van der Waals surface area contributed by atoms with E-state index in [0.717, 1.165) is 6.42 Å². The molecule has 0 atom stereocenters. The number of hydrogen-bond donors (Lipinski definition) is 2. The van der Waals surface area contributed by atoms with Gasteiger partial charge in [-0.3, -0.25) is 0 Å². The highest BCUT2D eigenvalue weighted by atomic mass is 19.1. The van der Waals surface area contributed by atoms with Gasteiger partial charge in [0.15, 0.2) is 0 Å². The number of hydrogen-bond acceptors (Lipinski definition) is 4. The maximum Gasteiger partial charge on any atom is 0.340 e. The molecule has 1 aromatic carbocycles. The van der Waals surface area contributed by atoms with Gasteiger partial charge >= 0.3 is 5.97 Å². The smallest absolute Gasteiger partial charge is 0.340 e. The fraction of sp³-hybridized carbons (Fsp3) is 0.364. The minimum Gasteiger partial charge on any atom is -0.465 e. The van der Waals surface area contributed by atoms with Crippen LogP contribution in [0.2, 0.25) is 0 Å². The molecule has 1 aromatic rings. The number of carbonyl (C=O) groups excluding carboxylic acids is 1. The molecule has 16 heavy (non-hydrogen) atoms. The van der Waals surface area contributed by atoms with Gasteiger partial charge in [-0.1, -0.05) is 0 Å². The average Bonchev–Trinajstić information content (AvgIpc) is 2.30. The van der Waals surface area contributed by atoms with Crippen LogP contribution in [0.25, 0.3) is 0 Å². The lowest BCUT2D eigenvalue weighted by Gasteiger charge is -2.07. The maximum absolute atomic E-state index is 13.2. The van der Waals surface area contributed by atoms with E-state index in [0.29, 0.717) is 18.8 Å². The van der Waals surface area contributed by atoms with Crippen LogP contribution < -0.4 is 11.1 Å². The van der Waals surface area contributed by atoms with Crippen molar-refractivity contribution in [3.63, 3.8) is 0 Å². The molecule has 5 heteroatoms. The Morgan fingerprint density at radius 1 is 1.56 bits per heavy atom. The lowest BCUT2D eigenvalue weighted by Crippen LogP contribution is -2.10. The number of nitrogens with one attached hydrogen (secondary N) is 1. The van der Waals surface area contributed by atoms with Crippen LogP contribution in [0.1, 0.15) is 16.8 Å². The third-order valence-corrected chi connectivity index (χ3v) is 2.08. The zero-order valence-corrected chi connectivity index (χ0v) is 9.13. The first-order valence-electron chi connectivity index (χ1n) is 5.01. The third-order valence-electron chi connectivity index (χ3n) is 2.08. The van der Waals surface area contributed by atoms with Crippen LogP contribution in [-0.2, 0) is 4.74 Å². The van der Waals surface area contributed by atoms with E-state index in [1.165, 1.54) is 19.2 Å². The van der Waals surface area contributed by atoms with Crippen LogP contribution in [0.15, 0.2) is 18.2 Å². The minimum atomic E-state index is -0.681. The van der Waals surface area contributed by atoms with Crippen molar-refractivity contribution in [1.29, 1.82) is 0 Å². The van der Waals surface area contributed by atoms with Crippen LogP contribution >= 0.6 is 0 Å². The molecule has 88 valence electrons. The summed E-state index contributed by atoms with van der Waals surface area (Å²) in [4.78, 5) is 11.2. The van der Waals surface area contributed by atoms with E-state index in [1.807, 2.05) is 0 Å². The highest BCUT2D eigenvalue weighted by Gasteiger charge is 2.12. The number of nitrogens with two attached hydrogens (primary N) is 1. The van der Waals surface area contributed by atoms with E-state index in [9.17, 15) is 9.18 Å². The largest absolute Gasteiger partial charge is 0.465 e. The van der Waals surface area contributed by atoms with E-state index < -0.39 is 11.8 Å². The van der Waals surface area contributed by atoms with Gasteiger partial charge in [0.25, 0.3) is 0 Å². The normalized spacial score (nSPS) is 9.94. The molecule has 4 nitrogen and oxygen atoms in total. The zero-order valence-electron chi connectivity index (χ0n) is 9.13. The molecule has 0 fully saturated rings. The number of carbonyl (C=O) groups is 1. The Bertz CT molecular complexity index is 369. The van der Waals surface area contributed by atoms with Crippen LogP contribution in [0.5, 0.6) is 0 Å². The van der Waals surface area contributed by atoms with Gasteiger partial charge in [-0.05, 0) is 31.2 Å². The lowest BCUT2D eigenvalue weighted by atomic mass is 10.2. The third kappa shape index (κ3) is 3.20. The molecule has 0 saturated carbocycles. The summed E-state index contributed by atoms with van der Waals surface area (Å²) in [6, 6.07) is 4.23. The van der Waals surface area contributed by atoms with E-state index in [-0.39, 0.29) is 5.56 Å². The summed E-state index contributed by atoms with van der Waals surface area (Å²) in [5, 5.41) is 3.04. The number of ether oxygens (including phenoxy) is 1. The number of benzene rings is 1. The monoisotopic (exact) mass is 226 g/mol. The molecular formula is C11H15FN2O2. The Morgan fingerprint density at radius 3 is 2.94 bits per heavy atom. The van der Waals surface area contributed by atoms with E-state index in [2.05, 4.69) is 10.1 Å². The summed E-state index contributed by atoms with van der Waals surface area (Å²) >= 11 is 0. The predicted molar refractivity (Wildman–Crippen MR) is 59.9 cm³/mol. The number of methoxy groups -OCH3 is 1. The van der Waals surface area contributed by atoms with Crippen molar-refractivity contribution in [3.05, 3.63) is 29.6 Å². The van der Waals surface area contributed by atoms with Crippen molar-refractivity contribution in [2.24, 2.45) is 5.73 Å². The van der Waals surface area contributed by atoms with Crippen molar-refractivity contribution >= 4 is 11.7 Å². The van der Waals surface area contributed by atoms with Crippen LogP contribution in [0, 0.1) is 5.82 Å². The summed E-state index contributed by atoms with van der Waals surface area (Å²) in [6.45, 7) is 1.26. The van der Waals surface area contributed by atoms with Gasteiger partial charge in [0, 0.05) is 12.2 Å². The van der Waals surface area contributed by atoms with Crippen molar-refractivity contribution in [1.82, 2.24) is 0 Å². The molecule has 1 rings (SSSR count). The molecule has 0 unspecified atom stereocenters. The molecule has 0 saturated heterocycles. The molecular weight excluding hydrogens is 211 g/mol. The Hall–Kier alpha value is -1.62. The second-order valence-corrected chi connectivity index (χ2v) is 3.26. The first-order valence-corrected chi connectivity index (χ1v) is 5.01. The van der Waals surface area contributed by atoms with E-state index in [1.54, 1.807) is 6.07 Å². The van der Waals surface area contributed by atoms with Gasteiger partial charge in [-0.25, -0.2) is 9.18 Å². The van der Waals surface area contributed by atoms with E-state index in [4.69, 9.17) is 5.73 Å². The van der Waals surface area contributed by atoms with Gasteiger partial charge in [0.05, 0.1) is 12.7 Å². The highest BCUT2D eigenvalue weighted by Crippen LogP contribution is 2.15. The fourth-order valence-electron chi connectivity index (χ4n) is 1.24. The second-order valence-electron chi connectivity index (χ2n) is 3.26. The molecule has 0 amide bonds. The van der Waals surface area contributed by atoms with Crippen molar-refractivity contribution in [2.45, 2.75) is 6.42 Å². The first kappa shape index (κ1) is 12.4. The zero-order chi connectivity index (χ0) is 12.0. The molecule has 0 heterocycles. The maximum atomic E-state index is 13.2. The van der Waals surface area contributed by atoms with Crippen LogP contribution in [-0.4, -0.2) is 26.2 Å². The topological polar surface area (TPSA) is 64.3 Å². The molecule has 0 aliphatic carbocycles. The Morgan fingerprint density at radius 2 is 2.31 bits per heavy atom. The summed E-state index contributed by atoms with van der Waals surface area (Å²) in [6.07, 6.45) is 0.810. The van der Waals surface area contributed by atoms with Gasteiger partial charge in [-0.15, -0.1) is 0 Å². The van der Waals surface area contributed by atoms with Gasteiger partial charge in [0.2, 0.25) is 0 Å². The summed E-state index contributed by atoms with van der Waals surface area (Å²) in [5.41, 5.74) is 5.95. The fourth-order valence-corrected chi connectivity index (χ4v) is 1.24. The summed E-state index contributed by atoms with van der Waals surface area (Å²) in [7, 11) is 1.22. The van der Waals surface area contributed by atoms with Gasteiger partial charge in [0.1, 0.15) is 5.82 Å². The summed E-state index contributed by atoms with van der Waals surface area (Å²) < 4.78 is 17.7. The number of esters is 1. The number of halogens is 1. The van der Waals surface area contributed by atoms with Gasteiger partial charge in [-0.2, -0.15) is 0 Å². The average molecular weight is 226 g/mol. The SMILES string of the molecule is COC(=O)c1cc(NCCCN)ccc1F. The quantitative estimate of drug-likeness (QED) is 0.588.